The normalized spacial score (nSPS) is 16.8. The van der Waals surface area contributed by atoms with Crippen LogP contribution < -0.4 is 9.47 Å². The summed E-state index contributed by atoms with van der Waals surface area (Å²) in [5.41, 5.74) is 3.73. The highest BCUT2D eigenvalue weighted by Crippen LogP contribution is 2.49. The summed E-state index contributed by atoms with van der Waals surface area (Å²) in [6, 6.07) is 11.6. The molecule has 0 unspecified atom stereocenters. The zero-order chi connectivity index (χ0) is 16.7. The van der Waals surface area contributed by atoms with Gasteiger partial charge in [0.15, 0.2) is 5.78 Å². The molecule has 2 aliphatic rings. The lowest BCUT2D eigenvalue weighted by molar-refractivity contribution is 0.103. The minimum absolute atomic E-state index is 0.0941. The smallest absolute Gasteiger partial charge is 0.193 e. The van der Waals surface area contributed by atoms with E-state index in [1.165, 1.54) is 0 Å². The summed E-state index contributed by atoms with van der Waals surface area (Å²) in [5, 5.41) is 0. The van der Waals surface area contributed by atoms with Crippen LogP contribution >= 0.6 is 0 Å². The van der Waals surface area contributed by atoms with Gasteiger partial charge in [-0.3, -0.25) is 4.79 Å². The monoisotopic (exact) mass is 322 g/mol. The first-order valence-corrected chi connectivity index (χ1v) is 8.63. The molecule has 0 radical (unpaired) electrons. The third-order valence-corrected chi connectivity index (χ3v) is 5.03. The van der Waals surface area contributed by atoms with Crippen LogP contribution in [0.2, 0.25) is 0 Å². The molecule has 0 heterocycles. The van der Waals surface area contributed by atoms with Gasteiger partial charge >= 0.3 is 0 Å². The van der Waals surface area contributed by atoms with Gasteiger partial charge in [-0.2, -0.15) is 0 Å². The van der Waals surface area contributed by atoms with E-state index in [2.05, 4.69) is 0 Å². The van der Waals surface area contributed by atoms with Gasteiger partial charge in [-0.15, -0.1) is 0 Å². The van der Waals surface area contributed by atoms with Crippen LogP contribution in [-0.4, -0.2) is 20.0 Å². The van der Waals surface area contributed by atoms with Gasteiger partial charge in [-0.05, 0) is 49.7 Å². The summed E-state index contributed by atoms with van der Waals surface area (Å²) in [4.78, 5) is 13.4. The number of ether oxygens (including phenoxy) is 2. The summed E-state index contributed by atoms with van der Waals surface area (Å²) < 4.78 is 11.1. The van der Waals surface area contributed by atoms with Gasteiger partial charge in [-0.25, -0.2) is 0 Å². The Morgan fingerprint density at radius 2 is 1.21 bits per heavy atom. The van der Waals surface area contributed by atoms with Crippen molar-refractivity contribution in [1.82, 2.24) is 0 Å². The molecule has 2 aromatic rings. The Morgan fingerprint density at radius 3 is 1.54 bits per heavy atom. The first-order valence-electron chi connectivity index (χ1n) is 8.63. The van der Waals surface area contributed by atoms with E-state index in [4.69, 9.17) is 9.47 Å². The quantitative estimate of drug-likeness (QED) is 0.724. The van der Waals surface area contributed by atoms with Crippen molar-refractivity contribution in [3.05, 3.63) is 58.7 Å². The zero-order valence-electron chi connectivity index (χ0n) is 14.2. The van der Waals surface area contributed by atoms with E-state index >= 15 is 0 Å². The van der Waals surface area contributed by atoms with E-state index in [-0.39, 0.29) is 5.78 Å². The van der Waals surface area contributed by atoms with E-state index in [0.29, 0.717) is 11.8 Å². The molecular weight excluding hydrogens is 300 g/mol. The van der Waals surface area contributed by atoms with E-state index in [9.17, 15) is 4.79 Å². The molecule has 2 fully saturated rings. The van der Waals surface area contributed by atoms with Crippen LogP contribution in [-0.2, 0) is 0 Å². The molecule has 124 valence electrons. The van der Waals surface area contributed by atoms with Crippen LogP contribution in [0.1, 0.15) is 64.6 Å². The van der Waals surface area contributed by atoms with Gasteiger partial charge in [0, 0.05) is 22.3 Å². The molecule has 0 aliphatic heterocycles. The van der Waals surface area contributed by atoms with Crippen LogP contribution in [0.4, 0.5) is 0 Å². The van der Waals surface area contributed by atoms with Gasteiger partial charge in [0.1, 0.15) is 11.5 Å². The van der Waals surface area contributed by atoms with Crippen molar-refractivity contribution in [3.63, 3.8) is 0 Å². The van der Waals surface area contributed by atoms with E-state index in [1.54, 1.807) is 14.2 Å². The first-order chi connectivity index (χ1) is 11.7. The largest absolute Gasteiger partial charge is 0.496 e. The molecule has 0 saturated heterocycles. The Bertz CT molecular complexity index is 720. The molecule has 0 aromatic heterocycles. The molecular formula is C21H22O3. The van der Waals surface area contributed by atoms with Crippen LogP contribution in [0.5, 0.6) is 11.5 Å². The predicted octanol–water partition coefficient (Wildman–Crippen LogP) is 4.69. The standard InChI is InChI=1S/C21H22O3/c1-23-17-7-3-5-15(19(17)13-9-10-13)21(22)16-6-4-8-18(24-2)20(16)14-11-12-14/h3-8,13-14H,9-12H2,1-2H3. The lowest BCUT2D eigenvalue weighted by Gasteiger charge is -2.16. The van der Waals surface area contributed by atoms with Crippen LogP contribution in [0.3, 0.4) is 0 Å². The number of hydrogen-bond donors (Lipinski definition) is 0. The molecule has 24 heavy (non-hydrogen) atoms. The van der Waals surface area contributed by atoms with E-state index < -0.39 is 0 Å². The SMILES string of the molecule is COc1cccc(C(=O)c2cccc(OC)c2C2CC2)c1C1CC1. The highest BCUT2D eigenvalue weighted by molar-refractivity contribution is 6.11. The molecule has 2 aliphatic carbocycles. The highest BCUT2D eigenvalue weighted by atomic mass is 16.5. The summed E-state index contributed by atoms with van der Waals surface area (Å²) in [6.07, 6.45) is 4.53. The number of rotatable bonds is 6. The van der Waals surface area contributed by atoms with Crippen molar-refractivity contribution in [2.45, 2.75) is 37.5 Å². The number of carbonyl (C=O) groups excluding carboxylic acids is 1. The average Bonchev–Trinajstić information content (AvgIpc) is 3.51. The summed E-state index contributed by atoms with van der Waals surface area (Å²) in [5.74, 6) is 2.67. The second kappa shape index (κ2) is 5.97. The number of hydrogen-bond acceptors (Lipinski definition) is 3. The number of benzene rings is 2. The Hall–Kier alpha value is -2.29. The summed E-state index contributed by atoms with van der Waals surface area (Å²) in [7, 11) is 3.35. The molecule has 0 N–H and O–H groups in total. The fourth-order valence-corrected chi connectivity index (χ4v) is 3.57. The summed E-state index contributed by atoms with van der Waals surface area (Å²) >= 11 is 0. The Morgan fingerprint density at radius 1 is 0.792 bits per heavy atom. The fourth-order valence-electron chi connectivity index (χ4n) is 3.57. The van der Waals surface area contributed by atoms with Gasteiger partial charge in [0.25, 0.3) is 0 Å². The van der Waals surface area contributed by atoms with E-state index in [0.717, 1.165) is 59.4 Å². The molecule has 2 saturated carbocycles. The highest BCUT2D eigenvalue weighted by Gasteiger charge is 2.35. The summed E-state index contributed by atoms with van der Waals surface area (Å²) in [6.45, 7) is 0. The van der Waals surface area contributed by atoms with Crippen LogP contribution in [0, 0.1) is 0 Å². The lowest BCUT2D eigenvalue weighted by Crippen LogP contribution is -2.10. The number of ketones is 1. The average molecular weight is 322 g/mol. The van der Waals surface area contributed by atoms with Crippen molar-refractivity contribution in [3.8, 4) is 11.5 Å². The predicted molar refractivity (Wildman–Crippen MR) is 93.4 cm³/mol. The maximum absolute atomic E-state index is 13.4. The van der Waals surface area contributed by atoms with Crippen LogP contribution in [0.25, 0.3) is 0 Å². The van der Waals surface area contributed by atoms with Crippen molar-refractivity contribution in [2.24, 2.45) is 0 Å². The molecule has 0 atom stereocenters. The Kier molecular flexibility index (Phi) is 3.79. The molecule has 0 amide bonds. The molecule has 0 bridgehead atoms. The first kappa shape index (κ1) is 15.3. The maximum Gasteiger partial charge on any atom is 0.193 e. The fraction of sp³-hybridized carbons (Fsp3) is 0.381. The van der Waals surface area contributed by atoms with Crippen LogP contribution in [0.15, 0.2) is 36.4 Å². The topological polar surface area (TPSA) is 35.5 Å². The van der Waals surface area contributed by atoms with Crippen molar-refractivity contribution in [1.29, 1.82) is 0 Å². The van der Waals surface area contributed by atoms with Gasteiger partial charge in [0.05, 0.1) is 14.2 Å². The van der Waals surface area contributed by atoms with Gasteiger partial charge in [-0.1, -0.05) is 24.3 Å². The van der Waals surface area contributed by atoms with Gasteiger partial charge < -0.3 is 9.47 Å². The van der Waals surface area contributed by atoms with Crippen molar-refractivity contribution in [2.75, 3.05) is 14.2 Å². The second-order valence-electron chi connectivity index (χ2n) is 6.72. The maximum atomic E-state index is 13.4. The minimum Gasteiger partial charge on any atom is -0.496 e. The van der Waals surface area contributed by atoms with Crippen molar-refractivity contribution >= 4 is 5.78 Å². The molecule has 4 rings (SSSR count). The van der Waals surface area contributed by atoms with E-state index in [1.807, 2.05) is 36.4 Å². The Balaban J connectivity index is 1.83. The van der Waals surface area contributed by atoms with Gasteiger partial charge in [0.2, 0.25) is 0 Å². The molecule has 0 spiro atoms. The second-order valence-corrected chi connectivity index (χ2v) is 6.72. The number of carbonyl (C=O) groups is 1. The number of methoxy groups -OCH3 is 2. The molecule has 3 nitrogen and oxygen atoms in total. The molecule has 2 aromatic carbocycles. The van der Waals surface area contributed by atoms with Crippen molar-refractivity contribution < 1.29 is 14.3 Å². The Labute approximate surface area is 142 Å². The molecule has 3 heteroatoms. The lowest BCUT2D eigenvalue weighted by atomic mass is 9.91. The minimum atomic E-state index is 0.0941. The third-order valence-electron chi connectivity index (χ3n) is 5.03. The zero-order valence-corrected chi connectivity index (χ0v) is 14.2. The third kappa shape index (κ3) is 2.58.